The van der Waals surface area contributed by atoms with Gasteiger partial charge in [-0.05, 0) is 6.92 Å². The van der Waals surface area contributed by atoms with Gasteiger partial charge in [0.15, 0.2) is 5.82 Å². The van der Waals surface area contributed by atoms with Gasteiger partial charge in [0, 0.05) is 19.8 Å². The van der Waals surface area contributed by atoms with Crippen LogP contribution in [-0.4, -0.2) is 31.6 Å². The number of anilines is 1. The van der Waals surface area contributed by atoms with Gasteiger partial charge in [-0.3, -0.25) is 13.9 Å². The van der Waals surface area contributed by atoms with Crippen molar-refractivity contribution >= 4 is 28.3 Å². The van der Waals surface area contributed by atoms with Crippen LogP contribution in [0, 0.1) is 0 Å². The third-order valence-corrected chi connectivity index (χ3v) is 3.23. The molecule has 0 atom stereocenters. The van der Waals surface area contributed by atoms with Gasteiger partial charge in [-0.15, -0.1) is 11.8 Å². The standard InChI is InChI=1S/C10H16N4O3S/c1-6(18-5-4-15)12-8-7(11)9(16)14(3)10(17)13(8)2/h15H,4-5,11H2,1-3H3/b12-6+. The van der Waals surface area contributed by atoms with Crippen LogP contribution in [0.1, 0.15) is 6.92 Å². The lowest BCUT2D eigenvalue weighted by atomic mass is 10.4. The quantitative estimate of drug-likeness (QED) is 0.567. The summed E-state index contributed by atoms with van der Waals surface area (Å²) in [7, 11) is 2.86. The van der Waals surface area contributed by atoms with Gasteiger partial charge in [-0.2, -0.15) is 0 Å². The second-order valence-electron chi connectivity index (χ2n) is 3.65. The molecule has 100 valence electrons. The molecule has 0 aromatic carbocycles. The molecule has 1 heterocycles. The first-order valence-corrected chi connectivity index (χ1v) is 6.23. The maximum absolute atomic E-state index is 11.7. The fraction of sp³-hybridized carbons (Fsp3) is 0.500. The monoisotopic (exact) mass is 272 g/mol. The van der Waals surface area contributed by atoms with Gasteiger partial charge < -0.3 is 10.8 Å². The number of aromatic nitrogens is 2. The smallest absolute Gasteiger partial charge is 0.332 e. The zero-order valence-corrected chi connectivity index (χ0v) is 11.3. The van der Waals surface area contributed by atoms with Gasteiger partial charge in [-0.1, -0.05) is 0 Å². The Labute approximate surface area is 108 Å². The van der Waals surface area contributed by atoms with Gasteiger partial charge in [0.25, 0.3) is 5.56 Å². The Morgan fingerprint density at radius 3 is 2.56 bits per heavy atom. The van der Waals surface area contributed by atoms with Crippen LogP contribution in [0.3, 0.4) is 0 Å². The predicted molar refractivity (Wildman–Crippen MR) is 73.6 cm³/mol. The molecule has 0 spiro atoms. The fourth-order valence-electron chi connectivity index (χ4n) is 1.37. The van der Waals surface area contributed by atoms with E-state index in [1.165, 1.54) is 30.4 Å². The number of rotatable bonds is 3. The zero-order valence-electron chi connectivity index (χ0n) is 10.5. The molecule has 1 aromatic heterocycles. The SMILES string of the molecule is C/C(=N\c1c(N)c(=O)n(C)c(=O)n1C)SCCO. The summed E-state index contributed by atoms with van der Waals surface area (Å²) in [5, 5.41) is 9.33. The van der Waals surface area contributed by atoms with E-state index < -0.39 is 11.2 Å². The van der Waals surface area contributed by atoms with E-state index in [0.29, 0.717) is 10.8 Å². The molecule has 0 amide bonds. The lowest BCUT2D eigenvalue weighted by Crippen LogP contribution is -2.38. The molecule has 1 aromatic rings. The van der Waals surface area contributed by atoms with Crippen molar-refractivity contribution in [3.63, 3.8) is 0 Å². The summed E-state index contributed by atoms with van der Waals surface area (Å²) in [6.07, 6.45) is 0. The number of nitrogens with zero attached hydrogens (tertiary/aromatic N) is 3. The van der Waals surface area contributed by atoms with E-state index in [1.54, 1.807) is 6.92 Å². The number of hydrogen-bond acceptors (Lipinski definition) is 6. The topological polar surface area (TPSA) is 103 Å². The molecule has 0 aliphatic carbocycles. The van der Waals surface area contributed by atoms with Crippen molar-refractivity contribution in [2.45, 2.75) is 6.92 Å². The Balaban J connectivity index is 3.35. The Hall–Kier alpha value is -1.54. The molecule has 1 rings (SSSR count). The van der Waals surface area contributed by atoms with Crippen molar-refractivity contribution in [3.8, 4) is 0 Å². The summed E-state index contributed by atoms with van der Waals surface area (Å²) in [6.45, 7) is 1.75. The second kappa shape index (κ2) is 5.87. The van der Waals surface area contributed by atoms with Crippen molar-refractivity contribution in [1.29, 1.82) is 0 Å². The number of nitrogen functional groups attached to an aromatic ring is 1. The summed E-state index contributed by atoms with van der Waals surface area (Å²) in [5.41, 5.74) is 4.57. The van der Waals surface area contributed by atoms with Gasteiger partial charge >= 0.3 is 5.69 Å². The van der Waals surface area contributed by atoms with Gasteiger partial charge in [0.2, 0.25) is 0 Å². The highest BCUT2D eigenvalue weighted by Gasteiger charge is 2.12. The Morgan fingerprint density at radius 2 is 2.00 bits per heavy atom. The minimum absolute atomic E-state index is 0.0303. The van der Waals surface area contributed by atoms with E-state index in [-0.39, 0.29) is 18.1 Å². The number of aliphatic imine (C=N–C) groups is 1. The van der Waals surface area contributed by atoms with Crippen LogP contribution in [-0.2, 0) is 14.1 Å². The van der Waals surface area contributed by atoms with Crippen LogP contribution >= 0.6 is 11.8 Å². The largest absolute Gasteiger partial charge is 0.396 e. The van der Waals surface area contributed by atoms with E-state index in [1.807, 2.05) is 0 Å². The van der Waals surface area contributed by atoms with E-state index >= 15 is 0 Å². The first kappa shape index (κ1) is 14.5. The van der Waals surface area contributed by atoms with Crippen LogP contribution in [0.15, 0.2) is 14.6 Å². The van der Waals surface area contributed by atoms with Crippen molar-refractivity contribution in [2.75, 3.05) is 18.1 Å². The van der Waals surface area contributed by atoms with Crippen molar-refractivity contribution < 1.29 is 5.11 Å². The third kappa shape index (κ3) is 2.82. The van der Waals surface area contributed by atoms with Crippen molar-refractivity contribution in [3.05, 3.63) is 20.8 Å². The summed E-state index contributed by atoms with van der Waals surface area (Å²) in [6, 6.07) is 0. The molecule has 0 saturated carbocycles. The van der Waals surface area contributed by atoms with Crippen molar-refractivity contribution in [2.24, 2.45) is 19.1 Å². The molecule has 8 heteroatoms. The Bertz CT molecular complexity index is 551. The van der Waals surface area contributed by atoms with Crippen LogP contribution in [0.25, 0.3) is 0 Å². The van der Waals surface area contributed by atoms with E-state index in [4.69, 9.17) is 10.8 Å². The number of aliphatic hydroxyl groups excluding tert-OH is 1. The van der Waals surface area contributed by atoms with Crippen LogP contribution in [0.2, 0.25) is 0 Å². The predicted octanol–water partition coefficient (Wildman–Crippen LogP) is -0.558. The molecule has 3 N–H and O–H groups in total. The van der Waals surface area contributed by atoms with E-state index in [9.17, 15) is 9.59 Å². The lowest BCUT2D eigenvalue weighted by Gasteiger charge is -2.09. The molecular formula is C10H16N4O3S. The maximum atomic E-state index is 11.7. The summed E-state index contributed by atoms with van der Waals surface area (Å²) in [5.74, 6) is 0.639. The van der Waals surface area contributed by atoms with Gasteiger partial charge in [0.1, 0.15) is 5.69 Å². The zero-order chi connectivity index (χ0) is 13.9. The summed E-state index contributed by atoms with van der Waals surface area (Å²) >= 11 is 1.32. The molecule has 0 aliphatic rings. The van der Waals surface area contributed by atoms with E-state index in [0.717, 1.165) is 4.57 Å². The number of thioether (sulfide) groups is 1. The average Bonchev–Trinajstić information content (AvgIpc) is 2.36. The lowest BCUT2D eigenvalue weighted by molar-refractivity contribution is 0.323. The third-order valence-electron chi connectivity index (χ3n) is 2.33. The Morgan fingerprint density at radius 1 is 1.39 bits per heavy atom. The molecule has 0 aliphatic heterocycles. The maximum Gasteiger partial charge on any atom is 0.332 e. The average molecular weight is 272 g/mol. The molecule has 7 nitrogen and oxygen atoms in total. The molecule has 0 bridgehead atoms. The highest BCUT2D eigenvalue weighted by molar-refractivity contribution is 8.13. The molecule has 0 unspecified atom stereocenters. The molecule has 18 heavy (non-hydrogen) atoms. The Kier molecular flexibility index (Phi) is 4.74. The first-order valence-electron chi connectivity index (χ1n) is 5.24. The van der Waals surface area contributed by atoms with Crippen LogP contribution in [0.4, 0.5) is 11.5 Å². The number of hydrogen-bond donors (Lipinski definition) is 2. The van der Waals surface area contributed by atoms with Crippen LogP contribution in [0.5, 0.6) is 0 Å². The summed E-state index contributed by atoms with van der Waals surface area (Å²) in [4.78, 5) is 27.5. The first-order chi connectivity index (χ1) is 8.40. The van der Waals surface area contributed by atoms with Gasteiger partial charge in [0.05, 0.1) is 11.7 Å². The minimum atomic E-state index is -0.559. The molecule has 0 fully saturated rings. The fourth-order valence-corrected chi connectivity index (χ4v) is 1.91. The van der Waals surface area contributed by atoms with Crippen LogP contribution < -0.4 is 17.0 Å². The highest BCUT2D eigenvalue weighted by atomic mass is 32.2. The number of nitrogens with two attached hydrogens (primary N) is 1. The molecule has 0 radical (unpaired) electrons. The second-order valence-corrected chi connectivity index (χ2v) is 4.93. The van der Waals surface area contributed by atoms with E-state index in [2.05, 4.69) is 4.99 Å². The van der Waals surface area contributed by atoms with Gasteiger partial charge in [-0.25, -0.2) is 9.79 Å². The molecule has 0 saturated heterocycles. The van der Waals surface area contributed by atoms with Crippen molar-refractivity contribution in [1.82, 2.24) is 9.13 Å². The number of aliphatic hydroxyl groups is 1. The minimum Gasteiger partial charge on any atom is -0.396 e. The summed E-state index contributed by atoms with van der Waals surface area (Å²) < 4.78 is 2.16. The highest BCUT2D eigenvalue weighted by Crippen LogP contribution is 2.17. The normalized spacial score (nSPS) is 11.9. The molecular weight excluding hydrogens is 256 g/mol.